The zero-order valence-electron chi connectivity index (χ0n) is 19.9. The van der Waals surface area contributed by atoms with Gasteiger partial charge in [0.25, 0.3) is 5.91 Å². The van der Waals surface area contributed by atoms with Crippen molar-refractivity contribution in [1.29, 1.82) is 0 Å². The third kappa shape index (κ3) is 3.74. The van der Waals surface area contributed by atoms with Gasteiger partial charge in [0.1, 0.15) is 0 Å². The van der Waals surface area contributed by atoms with Crippen LogP contribution < -0.4 is 5.32 Å². The molecule has 0 saturated heterocycles. The van der Waals surface area contributed by atoms with Gasteiger partial charge in [0, 0.05) is 23.7 Å². The fourth-order valence-corrected chi connectivity index (χ4v) is 7.52. The molecule has 4 aliphatic rings. The number of carbonyl (C=O) groups is 1. The second-order valence-electron chi connectivity index (χ2n) is 11.2. The minimum atomic E-state index is -0.0912. The quantitative estimate of drug-likeness (QED) is 0.395. The summed E-state index contributed by atoms with van der Waals surface area (Å²) in [6.45, 7) is 0.775. The number of amides is 1. The van der Waals surface area contributed by atoms with Crippen molar-refractivity contribution in [3.05, 3.63) is 78.5 Å². The Kier molecular flexibility index (Phi) is 4.80. The number of fused-ring (bicyclic) bond motifs is 1. The molecule has 4 aliphatic carbocycles. The Balaban J connectivity index is 1.21. The van der Waals surface area contributed by atoms with E-state index in [1.807, 2.05) is 42.5 Å². The van der Waals surface area contributed by atoms with E-state index in [4.69, 9.17) is 10.1 Å². The van der Waals surface area contributed by atoms with Gasteiger partial charge in [-0.25, -0.2) is 9.50 Å². The van der Waals surface area contributed by atoms with Crippen LogP contribution in [0.1, 0.15) is 49.0 Å². The van der Waals surface area contributed by atoms with Crippen LogP contribution in [-0.4, -0.2) is 27.0 Å². The summed E-state index contributed by atoms with van der Waals surface area (Å²) in [5.41, 5.74) is 5.31. The molecule has 4 bridgehead atoms. The first-order valence-electron chi connectivity index (χ1n) is 12.9. The van der Waals surface area contributed by atoms with Crippen molar-refractivity contribution in [2.75, 3.05) is 6.54 Å². The second-order valence-corrected chi connectivity index (χ2v) is 11.2. The molecule has 4 saturated carbocycles. The largest absolute Gasteiger partial charge is 0.350 e. The average molecular weight is 463 g/mol. The minimum absolute atomic E-state index is 0.0912. The fourth-order valence-electron chi connectivity index (χ4n) is 7.52. The maximum absolute atomic E-state index is 13.3. The number of nitrogens with one attached hydrogen (secondary N) is 1. The van der Waals surface area contributed by atoms with Crippen LogP contribution in [0, 0.1) is 23.2 Å². The van der Waals surface area contributed by atoms with E-state index < -0.39 is 0 Å². The molecule has 0 radical (unpaired) electrons. The van der Waals surface area contributed by atoms with Crippen molar-refractivity contribution in [2.45, 2.75) is 38.5 Å². The van der Waals surface area contributed by atoms with Gasteiger partial charge in [-0.3, -0.25) is 4.79 Å². The van der Waals surface area contributed by atoms with Gasteiger partial charge in [-0.05, 0) is 67.8 Å². The first-order chi connectivity index (χ1) is 17.1. The van der Waals surface area contributed by atoms with Crippen LogP contribution >= 0.6 is 0 Å². The Labute approximate surface area is 205 Å². The molecule has 5 heteroatoms. The molecule has 176 valence electrons. The first-order valence-corrected chi connectivity index (χ1v) is 12.9. The topological polar surface area (TPSA) is 59.3 Å². The van der Waals surface area contributed by atoms with Gasteiger partial charge >= 0.3 is 0 Å². The molecule has 0 atom stereocenters. The van der Waals surface area contributed by atoms with Crippen LogP contribution in [0.5, 0.6) is 0 Å². The summed E-state index contributed by atoms with van der Waals surface area (Å²) >= 11 is 0. The normalized spacial score (nSPS) is 26.8. The van der Waals surface area contributed by atoms with Crippen LogP contribution in [-0.2, 0) is 0 Å². The second kappa shape index (κ2) is 8.04. The van der Waals surface area contributed by atoms with Crippen LogP contribution in [0.3, 0.4) is 0 Å². The lowest BCUT2D eigenvalue weighted by atomic mass is 9.49. The third-order valence-corrected chi connectivity index (χ3v) is 8.59. The van der Waals surface area contributed by atoms with E-state index in [1.165, 1.54) is 38.5 Å². The Morgan fingerprint density at radius 2 is 1.46 bits per heavy atom. The van der Waals surface area contributed by atoms with Gasteiger partial charge < -0.3 is 5.32 Å². The van der Waals surface area contributed by atoms with Gasteiger partial charge in [-0.15, -0.1) is 0 Å². The summed E-state index contributed by atoms with van der Waals surface area (Å²) in [7, 11) is 0. The Hall–Kier alpha value is -3.47. The summed E-state index contributed by atoms with van der Waals surface area (Å²) in [4.78, 5) is 18.2. The highest BCUT2D eigenvalue weighted by Gasteiger charge is 2.50. The van der Waals surface area contributed by atoms with E-state index in [2.05, 4.69) is 35.6 Å². The zero-order valence-corrected chi connectivity index (χ0v) is 19.9. The lowest BCUT2D eigenvalue weighted by molar-refractivity contribution is -0.0503. The molecule has 2 heterocycles. The predicted molar refractivity (Wildman–Crippen MR) is 137 cm³/mol. The van der Waals surface area contributed by atoms with Gasteiger partial charge in [0.2, 0.25) is 0 Å². The zero-order chi connectivity index (χ0) is 23.4. The van der Waals surface area contributed by atoms with Crippen LogP contribution in [0.2, 0.25) is 0 Å². The summed E-state index contributed by atoms with van der Waals surface area (Å²) in [6.07, 6.45) is 8.09. The van der Waals surface area contributed by atoms with Crippen molar-refractivity contribution < 1.29 is 4.79 Å². The van der Waals surface area contributed by atoms with E-state index in [0.29, 0.717) is 16.8 Å². The molecule has 1 N–H and O–H groups in total. The van der Waals surface area contributed by atoms with Gasteiger partial charge in [-0.2, -0.15) is 5.10 Å². The van der Waals surface area contributed by atoms with Crippen LogP contribution in [0.15, 0.2) is 72.8 Å². The standard InChI is InChI=1S/C30H30N4O/c35-29(31-19-30-16-20-11-21(17-30)13-22(12-20)18-30)26-15-28-32-25(23-7-3-1-4-8-23)14-27(34(28)33-26)24-9-5-2-6-10-24/h1-10,14-15,20-22H,11-13,16-19H2,(H,31,35). The molecule has 2 aromatic heterocycles. The van der Waals surface area contributed by atoms with E-state index in [9.17, 15) is 4.79 Å². The molecule has 2 aromatic carbocycles. The molecule has 4 aromatic rings. The number of carbonyl (C=O) groups excluding carboxylic acids is 1. The lowest BCUT2D eigenvalue weighted by Gasteiger charge is -2.56. The number of hydrogen-bond acceptors (Lipinski definition) is 3. The lowest BCUT2D eigenvalue weighted by Crippen LogP contribution is -2.51. The minimum Gasteiger partial charge on any atom is -0.350 e. The van der Waals surface area contributed by atoms with Crippen molar-refractivity contribution in [3.8, 4) is 22.5 Å². The number of rotatable bonds is 5. The van der Waals surface area contributed by atoms with Crippen molar-refractivity contribution >= 4 is 11.6 Å². The van der Waals surface area contributed by atoms with Crippen molar-refractivity contribution in [1.82, 2.24) is 19.9 Å². The predicted octanol–water partition coefficient (Wildman–Crippen LogP) is 6.01. The fraction of sp³-hybridized carbons (Fsp3) is 0.367. The maximum Gasteiger partial charge on any atom is 0.271 e. The molecule has 0 spiro atoms. The maximum atomic E-state index is 13.3. The molecule has 35 heavy (non-hydrogen) atoms. The first kappa shape index (κ1) is 20.9. The van der Waals surface area contributed by atoms with Crippen LogP contribution in [0.4, 0.5) is 0 Å². The van der Waals surface area contributed by atoms with E-state index >= 15 is 0 Å². The molecule has 4 fully saturated rings. The van der Waals surface area contributed by atoms with Gasteiger partial charge in [0.05, 0.1) is 11.4 Å². The van der Waals surface area contributed by atoms with Gasteiger partial charge in [0.15, 0.2) is 11.3 Å². The van der Waals surface area contributed by atoms with E-state index in [-0.39, 0.29) is 5.91 Å². The van der Waals surface area contributed by atoms with E-state index in [0.717, 1.165) is 46.8 Å². The Morgan fingerprint density at radius 1 is 0.857 bits per heavy atom. The molecule has 0 unspecified atom stereocenters. The summed E-state index contributed by atoms with van der Waals surface area (Å²) in [5.74, 6) is 2.54. The number of aromatic nitrogens is 3. The molecular formula is C30H30N4O. The van der Waals surface area contributed by atoms with Crippen molar-refractivity contribution in [2.24, 2.45) is 23.2 Å². The number of nitrogens with zero attached hydrogens (tertiary/aromatic N) is 3. The van der Waals surface area contributed by atoms with Gasteiger partial charge in [-0.1, -0.05) is 60.7 Å². The summed E-state index contributed by atoms with van der Waals surface area (Å²) < 4.78 is 1.81. The van der Waals surface area contributed by atoms with E-state index in [1.54, 1.807) is 4.52 Å². The van der Waals surface area contributed by atoms with Crippen LogP contribution in [0.25, 0.3) is 28.2 Å². The average Bonchev–Trinajstić information content (AvgIpc) is 3.31. The summed E-state index contributed by atoms with van der Waals surface area (Å²) in [5, 5.41) is 8.01. The highest BCUT2D eigenvalue weighted by molar-refractivity contribution is 5.93. The molecular weight excluding hydrogens is 432 g/mol. The Morgan fingerprint density at radius 3 is 2.09 bits per heavy atom. The monoisotopic (exact) mass is 462 g/mol. The van der Waals surface area contributed by atoms with Crippen molar-refractivity contribution in [3.63, 3.8) is 0 Å². The molecule has 1 amide bonds. The third-order valence-electron chi connectivity index (χ3n) is 8.59. The Bertz CT molecular complexity index is 1360. The number of benzene rings is 2. The smallest absolute Gasteiger partial charge is 0.271 e. The SMILES string of the molecule is O=C(NCC12CC3CC(CC(C3)C1)C2)c1cc2nc(-c3ccccc3)cc(-c3ccccc3)n2n1. The number of hydrogen-bond donors (Lipinski definition) is 1. The highest BCUT2D eigenvalue weighted by atomic mass is 16.1. The summed E-state index contributed by atoms with van der Waals surface area (Å²) in [6, 6.07) is 24.2. The highest BCUT2D eigenvalue weighted by Crippen LogP contribution is 2.59. The molecule has 5 nitrogen and oxygen atoms in total. The molecule has 8 rings (SSSR count). The molecule has 0 aliphatic heterocycles.